The Bertz CT molecular complexity index is 563. The maximum Gasteiger partial charge on any atom is 0.164 e. The summed E-state index contributed by atoms with van der Waals surface area (Å²) in [6.45, 7) is 2.59. The third kappa shape index (κ3) is 3.91. The molecule has 0 amide bonds. The van der Waals surface area contributed by atoms with E-state index in [4.69, 9.17) is 0 Å². The zero-order valence-corrected chi connectivity index (χ0v) is 10.8. The molecular formula is C16H16FNO. The fourth-order valence-corrected chi connectivity index (χ4v) is 1.86. The maximum absolute atomic E-state index is 12.7. The van der Waals surface area contributed by atoms with Gasteiger partial charge >= 0.3 is 0 Å². The molecule has 2 aromatic carbocycles. The second-order valence-corrected chi connectivity index (χ2v) is 4.48. The lowest BCUT2D eigenvalue weighted by Gasteiger charge is -2.06. The van der Waals surface area contributed by atoms with Crippen LogP contribution in [0.15, 0.2) is 48.5 Å². The minimum absolute atomic E-state index is 0.0140. The van der Waals surface area contributed by atoms with Crippen LogP contribution < -0.4 is 5.32 Å². The predicted molar refractivity (Wildman–Crippen MR) is 75.0 cm³/mol. The van der Waals surface area contributed by atoms with Crippen LogP contribution in [-0.4, -0.2) is 12.3 Å². The third-order valence-corrected chi connectivity index (χ3v) is 2.87. The van der Waals surface area contributed by atoms with Crippen molar-refractivity contribution in [1.29, 1.82) is 0 Å². The molecule has 0 aliphatic heterocycles. The van der Waals surface area contributed by atoms with E-state index >= 15 is 0 Å². The number of Topliss-reactive ketones (excluding diaryl/α,β-unsaturated/α-hetero) is 1. The second-order valence-electron chi connectivity index (χ2n) is 4.48. The first-order valence-electron chi connectivity index (χ1n) is 6.24. The van der Waals surface area contributed by atoms with E-state index in [9.17, 15) is 9.18 Å². The molecule has 0 atom stereocenters. The van der Waals surface area contributed by atoms with E-state index in [0.29, 0.717) is 18.5 Å². The molecule has 0 aliphatic carbocycles. The Balaban J connectivity index is 1.86. The topological polar surface area (TPSA) is 29.1 Å². The van der Waals surface area contributed by atoms with Crippen molar-refractivity contribution >= 4 is 11.5 Å². The van der Waals surface area contributed by atoms with E-state index < -0.39 is 0 Å². The van der Waals surface area contributed by atoms with Crippen molar-refractivity contribution in [1.82, 2.24) is 0 Å². The lowest BCUT2D eigenvalue weighted by Crippen LogP contribution is -2.08. The van der Waals surface area contributed by atoms with Crippen molar-refractivity contribution in [2.45, 2.75) is 13.3 Å². The summed E-state index contributed by atoms with van der Waals surface area (Å²) in [5.41, 5.74) is 2.73. The van der Waals surface area contributed by atoms with Crippen LogP contribution in [0.4, 0.5) is 10.1 Å². The number of aryl methyl sites for hydroxylation is 1. The molecule has 3 heteroatoms. The molecule has 2 nitrogen and oxygen atoms in total. The fraction of sp³-hybridized carbons (Fsp3) is 0.188. The van der Waals surface area contributed by atoms with E-state index in [1.165, 1.54) is 29.8 Å². The van der Waals surface area contributed by atoms with E-state index in [0.717, 1.165) is 5.69 Å². The molecule has 0 heterocycles. The summed E-state index contributed by atoms with van der Waals surface area (Å²) < 4.78 is 12.7. The van der Waals surface area contributed by atoms with Crippen LogP contribution in [0.5, 0.6) is 0 Å². The summed E-state index contributed by atoms with van der Waals surface area (Å²) >= 11 is 0. The number of anilines is 1. The van der Waals surface area contributed by atoms with Gasteiger partial charge in [0.1, 0.15) is 5.82 Å². The van der Waals surface area contributed by atoms with Crippen molar-refractivity contribution in [2.24, 2.45) is 0 Å². The van der Waals surface area contributed by atoms with E-state index in [1.807, 2.05) is 31.2 Å². The molecule has 0 unspecified atom stereocenters. The highest BCUT2D eigenvalue weighted by Crippen LogP contribution is 2.10. The number of hydrogen-bond acceptors (Lipinski definition) is 2. The summed E-state index contributed by atoms with van der Waals surface area (Å²) in [5, 5.41) is 3.20. The highest BCUT2D eigenvalue weighted by molar-refractivity contribution is 5.96. The van der Waals surface area contributed by atoms with Crippen LogP contribution in [0.25, 0.3) is 0 Å². The molecule has 0 saturated heterocycles. The van der Waals surface area contributed by atoms with Crippen LogP contribution in [0.3, 0.4) is 0 Å². The predicted octanol–water partition coefficient (Wildman–Crippen LogP) is 3.82. The van der Waals surface area contributed by atoms with Gasteiger partial charge in [0, 0.05) is 24.2 Å². The zero-order valence-electron chi connectivity index (χ0n) is 10.8. The van der Waals surface area contributed by atoms with E-state index in [1.54, 1.807) is 0 Å². The van der Waals surface area contributed by atoms with Crippen LogP contribution in [0.1, 0.15) is 22.3 Å². The average Bonchev–Trinajstić information content (AvgIpc) is 2.39. The molecule has 2 aromatic rings. The summed E-state index contributed by atoms with van der Waals surface area (Å²) in [7, 11) is 0. The summed E-state index contributed by atoms with van der Waals surface area (Å²) in [6.07, 6.45) is 0.388. The first-order chi connectivity index (χ1) is 9.15. The van der Waals surface area contributed by atoms with Gasteiger partial charge in [-0.1, -0.05) is 12.1 Å². The quantitative estimate of drug-likeness (QED) is 0.825. The molecule has 0 fully saturated rings. The molecule has 0 aliphatic rings. The molecule has 98 valence electrons. The minimum Gasteiger partial charge on any atom is -0.385 e. The van der Waals surface area contributed by atoms with Gasteiger partial charge < -0.3 is 5.32 Å². The molecule has 0 aromatic heterocycles. The zero-order chi connectivity index (χ0) is 13.7. The Labute approximate surface area is 112 Å². The van der Waals surface area contributed by atoms with Gasteiger partial charge in [0.2, 0.25) is 0 Å². The average molecular weight is 257 g/mol. The lowest BCUT2D eigenvalue weighted by molar-refractivity contribution is 0.0986. The SMILES string of the molecule is Cc1cccc(NCCC(=O)c2ccc(F)cc2)c1. The number of carbonyl (C=O) groups is 1. The van der Waals surface area contributed by atoms with Gasteiger partial charge in [0.15, 0.2) is 5.78 Å². The summed E-state index contributed by atoms with van der Waals surface area (Å²) in [6, 6.07) is 13.6. The number of benzene rings is 2. The molecule has 1 N–H and O–H groups in total. The highest BCUT2D eigenvalue weighted by Gasteiger charge is 2.05. The smallest absolute Gasteiger partial charge is 0.164 e. The van der Waals surface area contributed by atoms with Crippen LogP contribution in [-0.2, 0) is 0 Å². The second kappa shape index (κ2) is 6.14. The van der Waals surface area contributed by atoms with Gasteiger partial charge in [-0.25, -0.2) is 4.39 Å². The Morgan fingerprint density at radius 2 is 1.89 bits per heavy atom. The van der Waals surface area contributed by atoms with Gasteiger partial charge in [-0.2, -0.15) is 0 Å². The van der Waals surface area contributed by atoms with Crippen LogP contribution >= 0.6 is 0 Å². The van der Waals surface area contributed by atoms with Crippen molar-refractivity contribution in [3.05, 3.63) is 65.5 Å². The number of halogens is 1. The lowest BCUT2D eigenvalue weighted by atomic mass is 10.1. The van der Waals surface area contributed by atoms with E-state index in [2.05, 4.69) is 5.32 Å². The van der Waals surface area contributed by atoms with Crippen molar-refractivity contribution in [3.63, 3.8) is 0 Å². The molecular weight excluding hydrogens is 241 g/mol. The number of carbonyl (C=O) groups excluding carboxylic acids is 1. The molecule has 19 heavy (non-hydrogen) atoms. The number of nitrogens with one attached hydrogen (secondary N) is 1. The van der Waals surface area contributed by atoms with Gasteiger partial charge in [0.25, 0.3) is 0 Å². The Hall–Kier alpha value is -2.16. The van der Waals surface area contributed by atoms with E-state index in [-0.39, 0.29) is 11.6 Å². The van der Waals surface area contributed by atoms with Crippen molar-refractivity contribution in [2.75, 3.05) is 11.9 Å². The Kier molecular flexibility index (Phi) is 4.29. The number of hydrogen-bond donors (Lipinski definition) is 1. The van der Waals surface area contributed by atoms with Crippen LogP contribution in [0.2, 0.25) is 0 Å². The van der Waals surface area contributed by atoms with Gasteiger partial charge in [-0.15, -0.1) is 0 Å². The number of rotatable bonds is 5. The fourth-order valence-electron chi connectivity index (χ4n) is 1.86. The van der Waals surface area contributed by atoms with Crippen molar-refractivity contribution < 1.29 is 9.18 Å². The third-order valence-electron chi connectivity index (χ3n) is 2.87. The summed E-state index contributed by atoms with van der Waals surface area (Å²) in [5.74, 6) is -0.311. The molecule has 2 rings (SSSR count). The number of ketones is 1. The van der Waals surface area contributed by atoms with Crippen molar-refractivity contribution in [3.8, 4) is 0 Å². The van der Waals surface area contributed by atoms with Crippen LogP contribution in [0, 0.1) is 12.7 Å². The highest BCUT2D eigenvalue weighted by atomic mass is 19.1. The minimum atomic E-state index is -0.325. The largest absolute Gasteiger partial charge is 0.385 e. The molecule has 0 spiro atoms. The molecule has 0 bridgehead atoms. The van der Waals surface area contributed by atoms with Gasteiger partial charge in [-0.05, 0) is 48.9 Å². The first kappa shape index (κ1) is 13.3. The standard InChI is InChI=1S/C16H16FNO/c1-12-3-2-4-15(11-12)18-10-9-16(19)13-5-7-14(17)8-6-13/h2-8,11,18H,9-10H2,1H3. The molecule has 0 saturated carbocycles. The molecule has 0 radical (unpaired) electrons. The Morgan fingerprint density at radius 1 is 1.16 bits per heavy atom. The normalized spacial score (nSPS) is 10.2. The van der Waals surface area contributed by atoms with Gasteiger partial charge in [0.05, 0.1) is 0 Å². The maximum atomic E-state index is 12.7. The Morgan fingerprint density at radius 3 is 2.58 bits per heavy atom. The van der Waals surface area contributed by atoms with Gasteiger partial charge in [-0.3, -0.25) is 4.79 Å². The first-order valence-corrected chi connectivity index (χ1v) is 6.24. The monoisotopic (exact) mass is 257 g/mol. The summed E-state index contributed by atoms with van der Waals surface area (Å²) in [4.78, 5) is 11.9.